The fourth-order valence-electron chi connectivity index (χ4n) is 3.95. The number of carbonyl (C=O) groups is 3. The van der Waals surface area contributed by atoms with Crippen molar-refractivity contribution in [2.75, 3.05) is 36.4 Å². The van der Waals surface area contributed by atoms with Crippen molar-refractivity contribution in [1.82, 2.24) is 9.80 Å². The molecule has 2 aliphatic rings. The molecule has 2 aromatic rings. The van der Waals surface area contributed by atoms with Crippen LogP contribution in [0.4, 0.5) is 20.6 Å². The molecule has 1 saturated heterocycles. The van der Waals surface area contributed by atoms with Crippen LogP contribution in [-0.2, 0) is 0 Å². The largest absolute Gasteiger partial charge is 0.368 e. The van der Waals surface area contributed by atoms with Gasteiger partial charge in [0.1, 0.15) is 5.82 Å². The van der Waals surface area contributed by atoms with E-state index in [-0.39, 0.29) is 23.7 Å². The van der Waals surface area contributed by atoms with Crippen molar-refractivity contribution in [3.8, 4) is 0 Å². The van der Waals surface area contributed by atoms with E-state index in [1.807, 2.05) is 20.8 Å². The Bertz CT molecular complexity index is 1040. The lowest BCUT2D eigenvalue weighted by Gasteiger charge is -2.36. The van der Waals surface area contributed by atoms with Crippen LogP contribution >= 0.6 is 0 Å². The SMILES string of the molecule is CC(C)(C)N1C(=O)c2ccc(NC(=O)N3CCN(c4ccc(F)cc4)CC3)cc2C1=O. The Balaban J connectivity index is 1.40. The van der Waals surface area contributed by atoms with Crippen LogP contribution in [0.2, 0.25) is 0 Å². The van der Waals surface area contributed by atoms with Crippen molar-refractivity contribution in [2.45, 2.75) is 26.3 Å². The van der Waals surface area contributed by atoms with Crippen molar-refractivity contribution in [1.29, 1.82) is 0 Å². The molecular weight excluding hydrogens is 399 g/mol. The summed E-state index contributed by atoms with van der Waals surface area (Å²) in [6, 6.07) is 10.8. The molecule has 0 spiro atoms. The molecular formula is C23H25FN4O3. The number of fused-ring (bicyclic) bond motifs is 1. The average Bonchev–Trinajstić information content (AvgIpc) is 2.98. The highest BCUT2D eigenvalue weighted by molar-refractivity contribution is 6.22. The van der Waals surface area contributed by atoms with Gasteiger partial charge in [0, 0.05) is 43.1 Å². The lowest BCUT2D eigenvalue weighted by molar-refractivity contribution is 0.0507. The van der Waals surface area contributed by atoms with E-state index < -0.39 is 5.54 Å². The third kappa shape index (κ3) is 3.97. The van der Waals surface area contributed by atoms with Crippen molar-refractivity contribution >= 4 is 29.2 Å². The number of carbonyl (C=O) groups excluding carboxylic acids is 3. The Morgan fingerprint density at radius 2 is 1.52 bits per heavy atom. The molecule has 0 atom stereocenters. The molecule has 2 aromatic carbocycles. The van der Waals surface area contributed by atoms with Gasteiger partial charge in [-0.1, -0.05) is 0 Å². The number of nitrogens with one attached hydrogen (secondary N) is 1. The predicted octanol–water partition coefficient (Wildman–Crippen LogP) is 3.57. The Labute approximate surface area is 180 Å². The molecule has 1 fully saturated rings. The minimum Gasteiger partial charge on any atom is -0.368 e. The Kier molecular flexibility index (Phi) is 5.16. The number of nitrogens with zero attached hydrogens (tertiary/aromatic N) is 3. The molecule has 0 saturated carbocycles. The first-order valence-corrected chi connectivity index (χ1v) is 10.2. The van der Waals surface area contributed by atoms with Crippen molar-refractivity contribution in [2.24, 2.45) is 0 Å². The highest BCUT2D eigenvalue weighted by atomic mass is 19.1. The number of piperazine rings is 1. The monoisotopic (exact) mass is 424 g/mol. The molecule has 1 N–H and O–H groups in total. The molecule has 8 heteroatoms. The number of hydrogen-bond donors (Lipinski definition) is 1. The second-order valence-corrected chi connectivity index (χ2v) is 8.76. The maximum absolute atomic E-state index is 13.1. The summed E-state index contributed by atoms with van der Waals surface area (Å²) in [5.41, 5.74) is 1.43. The number of rotatable bonds is 2. The van der Waals surface area contributed by atoms with Crippen LogP contribution in [-0.4, -0.2) is 59.4 Å². The quantitative estimate of drug-likeness (QED) is 0.748. The fourth-order valence-corrected chi connectivity index (χ4v) is 3.95. The molecule has 0 unspecified atom stereocenters. The molecule has 2 heterocycles. The molecule has 0 aliphatic carbocycles. The van der Waals surface area contributed by atoms with Crippen LogP contribution in [0.3, 0.4) is 0 Å². The zero-order chi connectivity index (χ0) is 22.3. The first-order valence-electron chi connectivity index (χ1n) is 10.2. The number of imide groups is 1. The lowest BCUT2D eigenvalue weighted by atomic mass is 10.1. The van der Waals surface area contributed by atoms with Gasteiger partial charge >= 0.3 is 6.03 Å². The lowest BCUT2D eigenvalue weighted by Crippen LogP contribution is -2.50. The molecule has 0 aromatic heterocycles. The molecule has 2 aliphatic heterocycles. The molecule has 31 heavy (non-hydrogen) atoms. The number of halogens is 1. The fraction of sp³-hybridized carbons (Fsp3) is 0.348. The van der Waals surface area contributed by atoms with Gasteiger partial charge in [-0.3, -0.25) is 14.5 Å². The minimum absolute atomic E-state index is 0.261. The van der Waals surface area contributed by atoms with Crippen LogP contribution in [0.5, 0.6) is 0 Å². The molecule has 0 bridgehead atoms. The maximum Gasteiger partial charge on any atom is 0.321 e. The van der Waals surface area contributed by atoms with Gasteiger partial charge in [-0.2, -0.15) is 0 Å². The molecule has 4 amide bonds. The third-order valence-electron chi connectivity index (χ3n) is 5.57. The standard InChI is InChI=1S/C23H25FN4O3/c1-23(2,3)28-20(29)18-9-6-16(14-19(18)21(28)30)25-22(31)27-12-10-26(11-13-27)17-7-4-15(24)5-8-17/h4-9,14H,10-13H2,1-3H3,(H,25,31). The van der Waals surface area contributed by atoms with E-state index in [1.54, 1.807) is 35.2 Å². The Hall–Kier alpha value is -3.42. The van der Waals surface area contributed by atoms with Crippen LogP contribution in [0.1, 0.15) is 41.5 Å². The van der Waals surface area contributed by atoms with Gasteiger partial charge in [0.05, 0.1) is 11.1 Å². The first-order chi connectivity index (χ1) is 14.6. The molecule has 4 rings (SSSR count). The van der Waals surface area contributed by atoms with Gasteiger partial charge in [0.15, 0.2) is 0 Å². The summed E-state index contributed by atoms with van der Waals surface area (Å²) in [6.07, 6.45) is 0. The first kappa shape index (κ1) is 20.8. The topological polar surface area (TPSA) is 73.0 Å². The summed E-state index contributed by atoms with van der Waals surface area (Å²) in [7, 11) is 0. The molecule has 0 radical (unpaired) electrons. The van der Waals surface area contributed by atoms with E-state index in [4.69, 9.17) is 0 Å². The third-order valence-corrected chi connectivity index (χ3v) is 5.57. The van der Waals surface area contributed by atoms with Gasteiger partial charge in [0.2, 0.25) is 0 Å². The van der Waals surface area contributed by atoms with E-state index in [0.29, 0.717) is 43.0 Å². The second-order valence-electron chi connectivity index (χ2n) is 8.76. The number of urea groups is 1. The van der Waals surface area contributed by atoms with Gasteiger partial charge in [0.25, 0.3) is 11.8 Å². The molecule has 7 nitrogen and oxygen atoms in total. The van der Waals surface area contributed by atoms with Crippen molar-refractivity contribution in [3.63, 3.8) is 0 Å². The smallest absolute Gasteiger partial charge is 0.321 e. The second kappa shape index (κ2) is 7.68. The zero-order valence-electron chi connectivity index (χ0n) is 17.8. The van der Waals surface area contributed by atoms with E-state index >= 15 is 0 Å². The number of benzene rings is 2. The van der Waals surface area contributed by atoms with Crippen LogP contribution in [0.15, 0.2) is 42.5 Å². The van der Waals surface area contributed by atoms with Gasteiger partial charge in [-0.25, -0.2) is 9.18 Å². The van der Waals surface area contributed by atoms with Crippen molar-refractivity contribution < 1.29 is 18.8 Å². The van der Waals surface area contributed by atoms with Crippen LogP contribution < -0.4 is 10.2 Å². The predicted molar refractivity (Wildman–Crippen MR) is 116 cm³/mol. The van der Waals surface area contributed by atoms with Crippen LogP contribution in [0, 0.1) is 5.82 Å². The average molecular weight is 424 g/mol. The summed E-state index contributed by atoms with van der Waals surface area (Å²) in [4.78, 5) is 43.1. The summed E-state index contributed by atoms with van der Waals surface area (Å²) >= 11 is 0. The molecule has 162 valence electrons. The van der Waals surface area contributed by atoms with E-state index in [1.165, 1.54) is 17.0 Å². The Morgan fingerprint density at radius 3 is 2.13 bits per heavy atom. The zero-order valence-corrected chi connectivity index (χ0v) is 17.8. The van der Waals surface area contributed by atoms with Gasteiger partial charge in [-0.15, -0.1) is 0 Å². The maximum atomic E-state index is 13.1. The number of hydrogen-bond acceptors (Lipinski definition) is 4. The number of amides is 4. The van der Waals surface area contributed by atoms with Gasteiger partial charge < -0.3 is 15.1 Å². The summed E-state index contributed by atoms with van der Waals surface area (Å²) in [5, 5.41) is 2.83. The van der Waals surface area contributed by atoms with E-state index in [2.05, 4.69) is 10.2 Å². The highest BCUT2D eigenvalue weighted by Crippen LogP contribution is 2.31. The normalized spacial score (nSPS) is 16.6. The highest BCUT2D eigenvalue weighted by Gasteiger charge is 2.42. The summed E-state index contributed by atoms with van der Waals surface area (Å²) < 4.78 is 13.1. The van der Waals surface area contributed by atoms with Crippen molar-refractivity contribution in [3.05, 3.63) is 59.4 Å². The van der Waals surface area contributed by atoms with Gasteiger partial charge in [-0.05, 0) is 63.2 Å². The van der Waals surface area contributed by atoms with E-state index in [0.717, 1.165) is 5.69 Å². The van der Waals surface area contributed by atoms with E-state index in [9.17, 15) is 18.8 Å². The summed E-state index contributed by atoms with van der Waals surface area (Å²) in [5.74, 6) is -0.944. The summed E-state index contributed by atoms with van der Waals surface area (Å²) in [6.45, 7) is 7.73. The number of anilines is 2. The minimum atomic E-state index is -0.624. The Morgan fingerprint density at radius 1 is 0.903 bits per heavy atom. The van der Waals surface area contributed by atoms with Crippen LogP contribution in [0.25, 0.3) is 0 Å².